The highest BCUT2D eigenvalue weighted by atomic mass is 15.1. The number of nitrogens with zero attached hydrogens (tertiary/aromatic N) is 2. The van der Waals surface area contributed by atoms with Crippen LogP contribution in [-0.4, -0.2) is 15.9 Å². The van der Waals surface area contributed by atoms with E-state index >= 15 is 0 Å². The minimum absolute atomic E-state index is 0.340. The molecule has 1 saturated carbocycles. The molecule has 1 aromatic rings. The molecule has 1 aliphatic carbocycles. The molecule has 1 fully saturated rings. The van der Waals surface area contributed by atoms with Gasteiger partial charge in [0.05, 0.1) is 11.4 Å². The number of nitrogens with one attached hydrogen (secondary N) is 1. The Kier molecular flexibility index (Phi) is 4.83. The summed E-state index contributed by atoms with van der Waals surface area (Å²) in [5.41, 5.74) is 3.75. The van der Waals surface area contributed by atoms with E-state index in [0.29, 0.717) is 11.8 Å². The largest absolute Gasteiger partial charge is 0.305 e. The molecule has 1 heterocycles. The van der Waals surface area contributed by atoms with E-state index in [1.807, 2.05) is 32.1 Å². The maximum Gasteiger partial charge on any atom is 0.0662 e. The fraction of sp³-hybridized carbons (Fsp3) is 0.471. The van der Waals surface area contributed by atoms with Gasteiger partial charge in [0.2, 0.25) is 0 Å². The number of rotatable bonds is 4. The van der Waals surface area contributed by atoms with Gasteiger partial charge in [0, 0.05) is 17.5 Å². The van der Waals surface area contributed by atoms with Crippen molar-refractivity contribution in [2.45, 2.75) is 45.4 Å². The van der Waals surface area contributed by atoms with Crippen LogP contribution in [0.25, 0.3) is 0 Å². The molecule has 0 bridgehead atoms. The lowest BCUT2D eigenvalue weighted by atomic mass is 9.77. The first kappa shape index (κ1) is 14.6. The standard InChI is InChI=1S/C17H23N3/c1-12(2)7-9-16(18)14-5-4-6-15(11-14)17-10-8-13(3)19-20-17/h7-10,14-15,18H,1,4-6,11H2,2-3H3/b9-7-,18-16?/t14-,15-/m0/s1. The average Bonchev–Trinajstić information content (AvgIpc) is 2.45. The molecule has 1 aliphatic rings. The molecule has 106 valence electrons. The minimum Gasteiger partial charge on any atom is -0.305 e. The molecule has 2 atom stereocenters. The Morgan fingerprint density at radius 3 is 2.75 bits per heavy atom. The molecule has 0 radical (unpaired) electrons. The second-order valence-electron chi connectivity index (χ2n) is 5.80. The summed E-state index contributed by atoms with van der Waals surface area (Å²) in [5, 5.41) is 16.7. The Morgan fingerprint density at radius 1 is 1.30 bits per heavy atom. The molecular weight excluding hydrogens is 246 g/mol. The summed E-state index contributed by atoms with van der Waals surface area (Å²) >= 11 is 0. The van der Waals surface area contributed by atoms with Crippen LogP contribution in [0.2, 0.25) is 0 Å². The van der Waals surface area contributed by atoms with Crippen molar-refractivity contribution in [2.75, 3.05) is 0 Å². The van der Waals surface area contributed by atoms with Gasteiger partial charge in [0.15, 0.2) is 0 Å². The maximum absolute atomic E-state index is 8.20. The first-order valence-electron chi connectivity index (χ1n) is 7.28. The Bertz CT molecular complexity index is 514. The molecule has 1 N–H and O–H groups in total. The van der Waals surface area contributed by atoms with E-state index in [1.165, 1.54) is 0 Å². The minimum atomic E-state index is 0.340. The second-order valence-corrected chi connectivity index (χ2v) is 5.80. The molecule has 2 rings (SSSR count). The summed E-state index contributed by atoms with van der Waals surface area (Å²) in [5.74, 6) is 0.785. The van der Waals surface area contributed by atoms with Gasteiger partial charge in [0.25, 0.3) is 0 Å². The molecule has 0 aromatic carbocycles. The van der Waals surface area contributed by atoms with Gasteiger partial charge in [-0.1, -0.05) is 24.6 Å². The quantitative estimate of drug-likeness (QED) is 0.657. The van der Waals surface area contributed by atoms with Crippen molar-refractivity contribution in [1.82, 2.24) is 10.2 Å². The fourth-order valence-corrected chi connectivity index (χ4v) is 2.74. The summed E-state index contributed by atoms with van der Waals surface area (Å²) in [6.45, 7) is 7.75. The molecule has 0 saturated heterocycles. The van der Waals surface area contributed by atoms with Crippen LogP contribution in [0.15, 0.2) is 36.4 Å². The highest BCUT2D eigenvalue weighted by Gasteiger charge is 2.26. The van der Waals surface area contributed by atoms with Crippen LogP contribution >= 0.6 is 0 Å². The van der Waals surface area contributed by atoms with Gasteiger partial charge in [0.1, 0.15) is 0 Å². The summed E-state index contributed by atoms with van der Waals surface area (Å²) < 4.78 is 0. The molecule has 0 aliphatic heterocycles. The van der Waals surface area contributed by atoms with Crippen molar-refractivity contribution in [2.24, 2.45) is 5.92 Å². The molecule has 1 aromatic heterocycles. The number of hydrogen-bond acceptors (Lipinski definition) is 3. The van der Waals surface area contributed by atoms with Crippen LogP contribution in [0.5, 0.6) is 0 Å². The summed E-state index contributed by atoms with van der Waals surface area (Å²) in [6.07, 6.45) is 8.26. The highest BCUT2D eigenvalue weighted by Crippen LogP contribution is 2.35. The van der Waals surface area contributed by atoms with Crippen molar-refractivity contribution in [3.05, 3.63) is 47.8 Å². The summed E-state index contributed by atoms with van der Waals surface area (Å²) in [4.78, 5) is 0. The van der Waals surface area contributed by atoms with E-state index in [2.05, 4.69) is 22.8 Å². The Morgan fingerprint density at radius 2 is 2.10 bits per heavy atom. The van der Waals surface area contributed by atoms with Crippen LogP contribution in [0.1, 0.15) is 49.9 Å². The predicted molar refractivity (Wildman–Crippen MR) is 83.1 cm³/mol. The van der Waals surface area contributed by atoms with Crippen molar-refractivity contribution in [3.63, 3.8) is 0 Å². The number of allylic oxidation sites excluding steroid dienone is 3. The van der Waals surface area contributed by atoms with Crippen LogP contribution < -0.4 is 0 Å². The normalized spacial score (nSPS) is 22.9. The van der Waals surface area contributed by atoms with Crippen molar-refractivity contribution < 1.29 is 0 Å². The van der Waals surface area contributed by atoms with E-state index in [-0.39, 0.29) is 0 Å². The smallest absolute Gasteiger partial charge is 0.0662 e. The Labute approximate surface area is 121 Å². The third-order valence-corrected chi connectivity index (χ3v) is 3.90. The van der Waals surface area contributed by atoms with Gasteiger partial charge in [-0.05, 0) is 51.3 Å². The maximum atomic E-state index is 8.20. The monoisotopic (exact) mass is 269 g/mol. The zero-order valence-corrected chi connectivity index (χ0v) is 12.4. The van der Waals surface area contributed by atoms with Crippen LogP contribution in [0, 0.1) is 18.3 Å². The number of aryl methyl sites for hydroxylation is 1. The Balaban J connectivity index is 2.03. The van der Waals surface area contributed by atoms with Gasteiger partial charge >= 0.3 is 0 Å². The molecular formula is C17H23N3. The lowest BCUT2D eigenvalue weighted by molar-refractivity contribution is 0.382. The third kappa shape index (κ3) is 3.86. The van der Waals surface area contributed by atoms with Crippen molar-refractivity contribution in [3.8, 4) is 0 Å². The first-order valence-corrected chi connectivity index (χ1v) is 7.28. The van der Waals surface area contributed by atoms with Gasteiger partial charge in [-0.3, -0.25) is 0 Å². The fourth-order valence-electron chi connectivity index (χ4n) is 2.74. The average molecular weight is 269 g/mol. The van der Waals surface area contributed by atoms with E-state index < -0.39 is 0 Å². The van der Waals surface area contributed by atoms with Gasteiger partial charge in [-0.15, -0.1) is 0 Å². The van der Waals surface area contributed by atoms with Crippen LogP contribution in [0.4, 0.5) is 0 Å². The molecule has 20 heavy (non-hydrogen) atoms. The number of hydrogen-bond donors (Lipinski definition) is 1. The second kappa shape index (κ2) is 6.60. The predicted octanol–water partition coefficient (Wildman–Crippen LogP) is 4.21. The lowest BCUT2D eigenvalue weighted by Gasteiger charge is -2.28. The first-order chi connectivity index (χ1) is 9.56. The van der Waals surface area contributed by atoms with E-state index in [1.54, 1.807) is 0 Å². The zero-order valence-electron chi connectivity index (χ0n) is 12.4. The third-order valence-electron chi connectivity index (χ3n) is 3.90. The lowest BCUT2D eigenvalue weighted by Crippen LogP contribution is -2.21. The topological polar surface area (TPSA) is 49.6 Å². The molecule has 0 spiro atoms. The summed E-state index contributed by atoms with van der Waals surface area (Å²) in [7, 11) is 0. The SMILES string of the molecule is C=C(C)/C=C\C(=N)[C@H]1CCC[C@H](c2ccc(C)nn2)C1. The Hall–Kier alpha value is -1.77. The van der Waals surface area contributed by atoms with E-state index in [0.717, 1.165) is 48.4 Å². The molecule has 3 nitrogen and oxygen atoms in total. The van der Waals surface area contributed by atoms with Gasteiger partial charge < -0.3 is 5.41 Å². The number of aromatic nitrogens is 2. The van der Waals surface area contributed by atoms with Gasteiger partial charge in [-0.25, -0.2) is 0 Å². The zero-order chi connectivity index (χ0) is 14.5. The molecule has 0 amide bonds. The van der Waals surface area contributed by atoms with Gasteiger partial charge in [-0.2, -0.15) is 10.2 Å². The molecule has 3 heteroatoms. The van der Waals surface area contributed by atoms with E-state index in [9.17, 15) is 0 Å². The molecule has 0 unspecified atom stereocenters. The summed E-state index contributed by atoms with van der Waals surface area (Å²) in [6, 6.07) is 4.11. The van der Waals surface area contributed by atoms with Crippen LogP contribution in [-0.2, 0) is 0 Å². The van der Waals surface area contributed by atoms with Crippen LogP contribution in [0.3, 0.4) is 0 Å². The van der Waals surface area contributed by atoms with E-state index in [4.69, 9.17) is 5.41 Å². The van der Waals surface area contributed by atoms with Crippen molar-refractivity contribution >= 4 is 5.71 Å². The van der Waals surface area contributed by atoms with Crippen molar-refractivity contribution in [1.29, 1.82) is 5.41 Å². The highest BCUT2D eigenvalue weighted by molar-refractivity contribution is 5.94.